The second-order valence-electron chi connectivity index (χ2n) is 3.67. The first-order valence-electron chi connectivity index (χ1n) is 5.12. The molecule has 0 fully saturated rings. The van der Waals surface area contributed by atoms with Crippen molar-refractivity contribution in [2.75, 3.05) is 17.2 Å². The predicted molar refractivity (Wildman–Crippen MR) is 61.1 cm³/mol. The van der Waals surface area contributed by atoms with Crippen LogP contribution in [0.5, 0.6) is 0 Å². The number of hydrogen-bond donors (Lipinski definition) is 3. The third kappa shape index (κ3) is 2.20. The molecule has 0 bridgehead atoms. The number of anilines is 2. The van der Waals surface area contributed by atoms with E-state index in [2.05, 4.69) is 10.6 Å². The first-order valence-corrected chi connectivity index (χ1v) is 5.12. The molecule has 84 valence electrons. The Hall–Kier alpha value is -1.88. The normalized spacial score (nSPS) is 13.9. The van der Waals surface area contributed by atoms with Crippen molar-refractivity contribution in [1.29, 1.82) is 0 Å². The molecule has 1 aliphatic heterocycles. The third-order valence-corrected chi connectivity index (χ3v) is 2.47. The highest BCUT2D eigenvalue weighted by Crippen LogP contribution is 2.25. The molecular formula is C11H13N3O2. The van der Waals surface area contributed by atoms with Gasteiger partial charge in [-0.2, -0.15) is 0 Å². The molecule has 0 aromatic heterocycles. The third-order valence-electron chi connectivity index (χ3n) is 2.47. The molecule has 4 N–H and O–H groups in total. The highest BCUT2D eigenvalue weighted by atomic mass is 16.2. The lowest BCUT2D eigenvalue weighted by molar-refractivity contribution is -0.116. The molecule has 0 aliphatic carbocycles. The van der Waals surface area contributed by atoms with Crippen LogP contribution in [0.15, 0.2) is 18.2 Å². The number of rotatable bonds is 2. The SMILES string of the molecule is NCC(=O)Nc1ccc2c(c1)CCC(=O)N2. The monoisotopic (exact) mass is 219 g/mol. The molecule has 1 aliphatic rings. The number of carbonyl (C=O) groups is 2. The summed E-state index contributed by atoms with van der Waals surface area (Å²) in [7, 11) is 0. The van der Waals surface area contributed by atoms with Crippen LogP contribution in [-0.4, -0.2) is 18.4 Å². The van der Waals surface area contributed by atoms with Gasteiger partial charge in [0.25, 0.3) is 0 Å². The molecule has 16 heavy (non-hydrogen) atoms. The van der Waals surface area contributed by atoms with Crippen molar-refractivity contribution in [1.82, 2.24) is 0 Å². The first kappa shape index (κ1) is 10.6. The maximum atomic E-state index is 11.1. The fourth-order valence-corrected chi connectivity index (χ4v) is 1.67. The van der Waals surface area contributed by atoms with E-state index in [1.807, 2.05) is 6.07 Å². The van der Waals surface area contributed by atoms with E-state index in [9.17, 15) is 9.59 Å². The molecule has 5 nitrogen and oxygen atoms in total. The van der Waals surface area contributed by atoms with Gasteiger partial charge in [0, 0.05) is 17.8 Å². The molecule has 0 spiro atoms. The highest BCUT2D eigenvalue weighted by molar-refractivity contribution is 5.96. The molecule has 0 atom stereocenters. The van der Waals surface area contributed by atoms with Gasteiger partial charge in [-0.15, -0.1) is 0 Å². The highest BCUT2D eigenvalue weighted by Gasteiger charge is 2.14. The molecule has 0 radical (unpaired) electrons. The Morgan fingerprint density at radius 2 is 2.25 bits per heavy atom. The molecule has 5 heteroatoms. The van der Waals surface area contributed by atoms with Crippen molar-refractivity contribution < 1.29 is 9.59 Å². The fourth-order valence-electron chi connectivity index (χ4n) is 1.67. The first-order chi connectivity index (χ1) is 7.69. The molecule has 0 unspecified atom stereocenters. The standard InChI is InChI=1S/C11H13N3O2/c12-6-11(16)13-8-2-3-9-7(5-8)1-4-10(15)14-9/h2-3,5H,1,4,6,12H2,(H,13,16)(H,14,15). The summed E-state index contributed by atoms with van der Waals surface area (Å²) in [6.07, 6.45) is 1.19. The van der Waals surface area contributed by atoms with Gasteiger partial charge in [0.2, 0.25) is 11.8 Å². The maximum Gasteiger partial charge on any atom is 0.238 e. The predicted octanol–water partition coefficient (Wildman–Crippen LogP) is 0.468. The van der Waals surface area contributed by atoms with Gasteiger partial charge in [-0.25, -0.2) is 0 Å². The lowest BCUT2D eigenvalue weighted by Crippen LogP contribution is -2.22. The Balaban J connectivity index is 2.19. The summed E-state index contributed by atoms with van der Waals surface area (Å²) in [6.45, 7) is -0.0339. The number of fused-ring (bicyclic) bond motifs is 1. The lowest BCUT2D eigenvalue weighted by atomic mass is 10.0. The van der Waals surface area contributed by atoms with Gasteiger partial charge in [0.05, 0.1) is 6.54 Å². The minimum Gasteiger partial charge on any atom is -0.326 e. The summed E-state index contributed by atoms with van der Waals surface area (Å²) in [5, 5.41) is 5.45. The van der Waals surface area contributed by atoms with Crippen molar-refractivity contribution in [3.8, 4) is 0 Å². The van der Waals surface area contributed by atoms with Gasteiger partial charge < -0.3 is 16.4 Å². The maximum absolute atomic E-state index is 11.1. The zero-order valence-corrected chi connectivity index (χ0v) is 8.75. The zero-order chi connectivity index (χ0) is 11.5. The van der Waals surface area contributed by atoms with E-state index >= 15 is 0 Å². The minimum atomic E-state index is -0.222. The minimum absolute atomic E-state index is 0.0336. The van der Waals surface area contributed by atoms with Crippen molar-refractivity contribution in [2.24, 2.45) is 5.73 Å². The van der Waals surface area contributed by atoms with Crippen LogP contribution < -0.4 is 16.4 Å². The fraction of sp³-hybridized carbons (Fsp3) is 0.273. The van der Waals surface area contributed by atoms with Crippen LogP contribution in [0.4, 0.5) is 11.4 Å². The van der Waals surface area contributed by atoms with Gasteiger partial charge in [0.1, 0.15) is 0 Å². The lowest BCUT2D eigenvalue weighted by Gasteiger charge is -2.17. The Morgan fingerprint density at radius 1 is 1.44 bits per heavy atom. The molecule has 0 saturated carbocycles. The number of nitrogens with one attached hydrogen (secondary N) is 2. The van der Waals surface area contributed by atoms with Gasteiger partial charge >= 0.3 is 0 Å². The van der Waals surface area contributed by atoms with Crippen molar-refractivity contribution in [2.45, 2.75) is 12.8 Å². The van der Waals surface area contributed by atoms with Crippen LogP contribution in [0.2, 0.25) is 0 Å². The van der Waals surface area contributed by atoms with Crippen LogP contribution >= 0.6 is 0 Å². The molecule has 1 aromatic rings. The second-order valence-corrected chi connectivity index (χ2v) is 3.67. The van der Waals surface area contributed by atoms with Crippen LogP contribution in [0.1, 0.15) is 12.0 Å². The topological polar surface area (TPSA) is 84.2 Å². The van der Waals surface area contributed by atoms with E-state index < -0.39 is 0 Å². The summed E-state index contributed by atoms with van der Waals surface area (Å²) in [5.74, 6) is -0.189. The van der Waals surface area contributed by atoms with Crippen LogP contribution in [0.3, 0.4) is 0 Å². The average Bonchev–Trinajstić information content (AvgIpc) is 2.29. The van der Waals surface area contributed by atoms with Gasteiger partial charge in [-0.05, 0) is 30.2 Å². The number of benzene rings is 1. The summed E-state index contributed by atoms with van der Waals surface area (Å²) < 4.78 is 0. The van der Waals surface area contributed by atoms with E-state index in [-0.39, 0.29) is 18.4 Å². The van der Waals surface area contributed by atoms with E-state index in [0.29, 0.717) is 18.5 Å². The Bertz CT molecular complexity index is 443. The van der Waals surface area contributed by atoms with E-state index in [1.54, 1.807) is 12.1 Å². The van der Waals surface area contributed by atoms with E-state index in [0.717, 1.165) is 11.3 Å². The van der Waals surface area contributed by atoms with E-state index in [1.165, 1.54) is 0 Å². The Morgan fingerprint density at radius 3 is 3.00 bits per heavy atom. The van der Waals surface area contributed by atoms with Crippen molar-refractivity contribution >= 4 is 23.2 Å². The molecule has 1 aromatic carbocycles. The number of carbonyl (C=O) groups excluding carboxylic acids is 2. The summed E-state index contributed by atoms with van der Waals surface area (Å²) in [5.41, 5.74) is 7.78. The van der Waals surface area contributed by atoms with Crippen LogP contribution in [0.25, 0.3) is 0 Å². The molecule has 2 amide bonds. The quantitative estimate of drug-likeness (QED) is 0.676. The molecule has 1 heterocycles. The van der Waals surface area contributed by atoms with E-state index in [4.69, 9.17) is 5.73 Å². The number of hydrogen-bond acceptors (Lipinski definition) is 3. The molecule has 0 saturated heterocycles. The smallest absolute Gasteiger partial charge is 0.238 e. The van der Waals surface area contributed by atoms with Gasteiger partial charge in [0.15, 0.2) is 0 Å². The molecule has 2 rings (SSSR count). The van der Waals surface area contributed by atoms with Crippen LogP contribution in [0, 0.1) is 0 Å². The Labute approximate surface area is 93.0 Å². The van der Waals surface area contributed by atoms with Crippen molar-refractivity contribution in [3.05, 3.63) is 23.8 Å². The molecular weight excluding hydrogens is 206 g/mol. The number of aryl methyl sites for hydroxylation is 1. The number of nitrogens with two attached hydrogens (primary N) is 1. The summed E-state index contributed by atoms with van der Waals surface area (Å²) in [4.78, 5) is 22.2. The summed E-state index contributed by atoms with van der Waals surface area (Å²) in [6, 6.07) is 5.40. The number of amides is 2. The van der Waals surface area contributed by atoms with Crippen LogP contribution in [-0.2, 0) is 16.0 Å². The summed E-state index contributed by atoms with van der Waals surface area (Å²) >= 11 is 0. The average molecular weight is 219 g/mol. The zero-order valence-electron chi connectivity index (χ0n) is 8.75. The largest absolute Gasteiger partial charge is 0.326 e. The van der Waals surface area contributed by atoms with Crippen molar-refractivity contribution in [3.63, 3.8) is 0 Å². The van der Waals surface area contributed by atoms with Gasteiger partial charge in [-0.1, -0.05) is 0 Å². The van der Waals surface area contributed by atoms with Gasteiger partial charge in [-0.3, -0.25) is 9.59 Å². The second kappa shape index (κ2) is 4.32. The Kier molecular flexibility index (Phi) is 2.87.